The first-order valence-corrected chi connectivity index (χ1v) is 10.7. The fourth-order valence-corrected chi connectivity index (χ4v) is 4.57. The second kappa shape index (κ2) is 7.05. The van der Waals surface area contributed by atoms with E-state index in [0.29, 0.717) is 16.3 Å². The van der Waals surface area contributed by atoms with E-state index in [9.17, 15) is 13.2 Å². The summed E-state index contributed by atoms with van der Waals surface area (Å²) in [6, 6.07) is 6.80. The van der Waals surface area contributed by atoms with E-state index in [1.807, 2.05) is 6.07 Å². The summed E-state index contributed by atoms with van der Waals surface area (Å²) >= 11 is 1.54. The first-order valence-electron chi connectivity index (χ1n) is 7.94. The first kappa shape index (κ1) is 17.8. The minimum absolute atomic E-state index is 0.185. The van der Waals surface area contributed by atoms with E-state index in [2.05, 4.69) is 10.0 Å². The zero-order valence-corrected chi connectivity index (χ0v) is 15.7. The summed E-state index contributed by atoms with van der Waals surface area (Å²) in [5.41, 5.74) is 2.06. The molecular weight excluding hydrogens is 360 g/mol. The third-order valence-electron chi connectivity index (χ3n) is 3.97. The molecule has 0 saturated heterocycles. The van der Waals surface area contributed by atoms with Crippen molar-refractivity contribution in [1.82, 2.24) is 0 Å². The van der Waals surface area contributed by atoms with Gasteiger partial charge in [-0.05, 0) is 55.5 Å². The number of benzene rings is 1. The summed E-state index contributed by atoms with van der Waals surface area (Å²) in [7, 11) is -1.99. The van der Waals surface area contributed by atoms with Gasteiger partial charge in [0.05, 0.1) is 23.9 Å². The molecule has 6 nitrogen and oxygen atoms in total. The Morgan fingerprint density at radius 2 is 1.96 bits per heavy atom. The number of aryl methyl sites for hydroxylation is 2. The van der Waals surface area contributed by atoms with E-state index >= 15 is 0 Å². The summed E-state index contributed by atoms with van der Waals surface area (Å²) in [5.74, 6) is 0.199. The lowest BCUT2D eigenvalue weighted by Crippen LogP contribution is -2.13. The molecule has 1 aromatic heterocycles. The molecule has 1 heterocycles. The molecule has 0 bridgehead atoms. The minimum Gasteiger partial charge on any atom is -0.495 e. The van der Waals surface area contributed by atoms with Crippen molar-refractivity contribution in [3.05, 3.63) is 39.6 Å². The molecule has 25 heavy (non-hydrogen) atoms. The normalized spacial score (nSPS) is 13.8. The van der Waals surface area contributed by atoms with Gasteiger partial charge in [-0.15, -0.1) is 11.3 Å². The molecule has 1 amide bonds. The molecule has 1 aliphatic carbocycles. The van der Waals surface area contributed by atoms with Crippen molar-refractivity contribution in [3.8, 4) is 5.75 Å². The zero-order chi connectivity index (χ0) is 18.0. The molecule has 2 aromatic rings. The Hall–Kier alpha value is -2.06. The van der Waals surface area contributed by atoms with Gasteiger partial charge in [-0.1, -0.05) is 0 Å². The summed E-state index contributed by atoms with van der Waals surface area (Å²) in [6.45, 7) is 0. The van der Waals surface area contributed by atoms with Gasteiger partial charge >= 0.3 is 0 Å². The van der Waals surface area contributed by atoms with Crippen molar-refractivity contribution >= 4 is 38.6 Å². The molecule has 3 rings (SSSR count). The van der Waals surface area contributed by atoms with E-state index in [0.717, 1.165) is 19.1 Å². The number of methoxy groups -OCH3 is 1. The molecule has 1 aliphatic rings. The van der Waals surface area contributed by atoms with Crippen molar-refractivity contribution in [2.45, 2.75) is 25.7 Å². The van der Waals surface area contributed by atoms with Crippen LogP contribution < -0.4 is 14.8 Å². The van der Waals surface area contributed by atoms with Gasteiger partial charge in [0, 0.05) is 10.6 Å². The van der Waals surface area contributed by atoms with E-state index < -0.39 is 10.0 Å². The number of carbonyl (C=O) groups is 1. The standard InChI is InChI=1S/C17H20N2O4S2/c1-23-14-8-7-12(10-13(14)19-25(2,21)22)18-17(20)16-9-11-5-3-4-6-15(11)24-16/h7-10,19H,3-6H2,1-2H3,(H,18,20). The first-order chi connectivity index (χ1) is 11.9. The third kappa shape index (κ3) is 4.32. The van der Waals surface area contributed by atoms with Gasteiger partial charge in [-0.25, -0.2) is 8.42 Å². The third-order valence-corrected chi connectivity index (χ3v) is 5.80. The molecule has 0 radical (unpaired) electrons. The second-order valence-electron chi connectivity index (χ2n) is 6.01. The van der Waals surface area contributed by atoms with Crippen LogP contribution in [0.5, 0.6) is 5.75 Å². The quantitative estimate of drug-likeness (QED) is 0.834. The fraction of sp³-hybridized carbons (Fsp3) is 0.353. The Kier molecular flexibility index (Phi) is 5.01. The fourth-order valence-electron chi connectivity index (χ4n) is 2.86. The highest BCUT2D eigenvalue weighted by Gasteiger charge is 2.18. The number of carbonyl (C=O) groups excluding carboxylic acids is 1. The van der Waals surface area contributed by atoms with Crippen LogP contribution in [0.1, 0.15) is 33.0 Å². The van der Waals surface area contributed by atoms with Crippen molar-refractivity contribution in [2.75, 3.05) is 23.4 Å². The van der Waals surface area contributed by atoms with Crippen LogP contribution in [0.4, 0.5) is 11.4 Å². The maximum Gasteiger partial charge on any atom is 0.265 e. The molecule has 2 N–H and O–H groups in total. The van der Waals surface area contributed by atoms with E-state index in [4.69, 9.17) is 4.74 Å². The number of hydrogen-bond acceptors (Lipinski definition) is 5. The second-order valence-corrected chi connectivity index (χ2v) is 8.89. The van der Waals surface area contributed by atoms with Crippen LogP contribution in [-0.4, -0.2) is 27.7 Å². The van der Waals surface area contributed by atoms with Gasteiger partial charge in [0.2, 0.25) is 10.0 Å². The van der Waals surface area contributed by atoms with Crippen LogP contribution in [0.2, 0.25) is 0 Å². The monoisotopic (exact) mass is 380 g/mol. The van der Waals surface area contributed by atoms with Crippen molar-refractivity contribution in [3.63, 3.8) is 0 Å². The van der Waals surface area contributed by atoms with Crippen LogP contribution in [-0.2, 0) is 22.9 Å². The molecule has 0 aliphatic heterocycles. The van der Waals surface area contributed by atoms with Crippen LogP contribution in [0.25, 0.3) is 0 Å². The smallest absolute Gasteiger partial charge is 0.265 e. The predicted octanol–water partition coefficient (Wildman–Crippen LogP) is 3.26. The summed E-state index contributed by atoms with van der Waals surface area (Å²) < 4.78 is 30.5. The number of fused-ring (bicyclic) bond motifs is 1. The molecule has 0 saturated carbocycles. The summed E-state index contributed by atoms with van der Waals surface area (Å²) in [4.78, 5) is 14.5. The number of ether oxygens (including phenoxy) is 1. The van der Waals surface area contributed by atoms with Gasteiger partial charge in [0.1, 0.15) is 5.75 Å². The number of anilines is 2. The Labute approximate surface area is 151 Å². The molecule has 1 aromatic carbocycles. The number of sulfonamides is 1. The molecule has 0 spiro atoms. The lowest BCUT2D eigenvalue weighted by atomic mass is 9.99. The Balaban J connectivity index is 1.81. The predicted molar refractivity (Wildman–Crippen MR) is 100 cm³/mol. The molecular formula is C17H20N2O4S2. The Bertz CT molecular complexity index is 880. The minimum atomic E-state index is -3.45. The van der Waals surface area contributed by atoms with E-state index in [1.165, 1.54) is 41.7 Å². The lowest BCUT2D eigenvalue weighted by molar-refractivity contribution is 0.103. The number of nitrogens with one attached hydrogen (secondary N) is 2. The molecule has 0 atom stereocenters. The number of rotatable bonds is 5. The average Bonchev–Trinajstić information content (AvgIpc) is 2.98. The van der Waals surface area contributed by atoms with Crippen LogP contribution in [0, 0.1) is 0 Å². The lowest BCUT2D eigenvalue weighted by Gasteiger charge is -2.12. The average molecular weight is 380 g/mol. The zero-order valence-electron chi connectivity index (χ0n) is 14.1. The van der Waals surface area contributed by atoms with E-state index in [1.54, 1.807) is 18.2 Å². The maximum absolute atomic E-state index is 12.5. The van der Waals surface area contributed by atoms with Gasteiger partial charge in [0.25, 0.3) is 5.91 Å². The van der Waals surface area contributed by atoms with Crippen molar-refractivity contribution < 1.29 is 17.9 Å². The highest BCUT2D eigenvalue weighted by atomic mass is 32.2. The van der Waals surface area contributed by atoms with Gasteiger partial charge in [-0.2, -0.15) is 0 Å². The molecule has 0 fully saturated rings. The summed E-state index contributed by atoms with van der Waals surface area (Å²) in [5, 5.41) is 2.83. The number of amides is 1. The SMILES string of the molecule is COc1ccc(NC(=O)c2cc3c(s2)CCCC3)cc1NS(C)(=O)=O. The van der Waals surface area contributed by atoms with Crippen LogP contribution >= 0.6 is 11.3 Å². The number of thiophene rings is 1. The molecule has 0 unspecified atom stereocenters. The van der Waals surface area contributed by atoms with Gasteiger partial charge in [-0.3, -0.25) is 9.52 Å². The van der Waals surface area contributed by atoms with Crippen molar-refractivity contribution in [2.24, 2.45) is 0 Å². The largest absolute Gasteiger partial charge is 0.495 e. The topological polar surface area (TPSA) is 84.5 Å². The van der Waals surface area contributed by atoms with Gasteiger partial charge in [0.15, 0.2) is 0 Å². The number of hydrogen-bond donors (Lipinski definition) is 2. The highest BCUT2D eigenvalue weighted by molar-refractivity contribution is 7.92. The Morgan fingerprint density at radius 3 is 2.64 bits per heavy atom. The van der Waals surface area contributed by atoms with Crippen LogP contribution in [0.3, 0.4) is 0 Å². The maximum atomic E-state index is 12.5. The van der Waals surface area contributed by atoms with E-state index in [-0.39, 0.29) is 11.6 Å². The van der Waals surface area contributed by atoms with Gasteiger partial charge < -0.3 is 10.1 Å². The highest BCUT2D eigenvalue weighted by Crippen LogP contribution is 2.31. The summed E-state index contributed by atoms with van der Waals surface area (Å²) in [6.07, 6.45) is 5.48. The van der Waals surface area contributed by atoms with Crippen molar-refractivity contribution in [1.29, 1.82) is 0 Å². The van der Waals surface area contributed by atoms with Crippen LogP contribution in [0.15, 0.2) is 24.3 Å². The molecule has 8 heteroatoms. The Morgan fingerprint density at radius 1 is 1.20 bits per heavy atom. The molecule has 134 valence electrons.